The average molecular weight is 226 g/mol. The smallest absolute Gasteiger partial charge is 0.319 e. The molecule has 92 valence electrons. The van der Waals surface area contributed by atoms with Crippen molar-refractivity contribution < 1.29 is 9.53 Å². The monoisotopic (exact) mass is 226 g/mol. The molecule has 1 aliphatic carbocycles. The van der Waals surface area contributed by atoms with Crippen molar-refractivity contribution in [2.75, 3.05) is 33.3 Å². The number of hydrogen-bond acceptors (Lipinski definition) is 4. The van der Waals surface area contributed by atoms with Crippen LogP contribution in [0.25, 0.3) is 0 Å². The molecule has 0 radical (unpaired) electrons. The summed E-state index contributed by atoms with van der Waals surface area (Å²) in [5, 5.41) is 3.48. The molecule has 1 saturated carbocycles. The van der Waals surface area contributed by atoms with Crippen molar-refractivity contribution in [3.8, 4) is 0 Å². The minimum atomic E-state index is -0.112. The van der Waals surface area contributed by atoms with E-state index < -0.39 is 0 Å². The third-order valence-electron chi connectivity index (χ3n) is 3.43. The lowest BCUT2D eigenvalue weighted by molar-refractivity contribution is -0.142. The molecule has 0 aromatic heterocycles. The van der Waals surface area contributed by atoms with Crippen molar-refractivity contribution in [1.82, 2.24) is 10.2 Å². The molecule has 0 bridgehead atoms. The van der Waals surface area contributed by atoms with Gasteiger partial charge in [0.15, 0.2) is 0 Å². The molecule has 0 aromatic carbocycles. The van der Waals surface area contributed by atoms with Crippen molar-refractivity contribution >= 4 is 5.97 Å². The molecule has 0 amide bonds. The summed E-state index contributed by atoms with van der Waals surface area (Å²) in [4.78, 5) is 13.6. The first-order chi connectivity index (χ1) is 7.78. The van der Waals surface area contributed by atoms with E-state index >= 15 is 0 Å². The quantitative estimate of drug-likeness (QED) is 0.674. The Morgan fingerprint density at radius 1 is 1.38 bits per heavy atom. The summed E-state index contributed by atoms with van der Waals surface area (Å²) in [7, 11) is 1.46. The van der Waals surface area contributed by atoms with Crippen LogP contribution in [-0.4, -0.2) is 50.2 Å². The Morgan fingerprint density at radius 3 is 2.75 bits per heavy atom. The summed E-state index contributed by atoms with van der Waals surface area (Å²) in [5.74, 6) is 0.713. The van der Waals surface area contributed by atoms with Gasteiger partial charge in [-0.15, -0.1) is 0 Å². The molecule has 16 heavy (non-hydrogen) atoms. The third-order valence-corrected chi connectivity index (χ3v) is 3.43. The number of nitrogens with one attached hydrogen (secondary N) is 1. The Morgan fingerprint density at radius 2 is 2.19 bits per heavy atom. The van der Waals surface area contributed by atoms with E-state index in [9.17, 15) is 4.79 Å². The molecule has 1 unspecified atom stereocenters. The number of methoxy groups -OCH3 is 1. The van der Waals surface area contributed by atoms with Crippen molar-refractivity contribution in [3.05, 3.63) is 0 Å². The maximum atomic E-state index is 11.3. The lowest BCUT2D eigenvalue weighted by Crippen LogP contribution is -2.41. The highest BCUT2D eigenvalue weighted by atomic mass is 16.5. The van der Waals surface area contributed by atoms with Crippen molar-refractivity contribution in [2.45, 2.75) is 31.7 Å². The molecule has 2 rings (SSSR count). The lowest BCUT2D eigenvalue weighted by Gasteiger charge is -2.24. The standard InChI is InChI=1S/C12H22N2O2/c1-16-12(15)9-14(7-10-4-5-10)8-11-3-2-6-13-11/h10-11,13H,2-9H2,1H3. The van der Waals surface area contributed by atoms with Gasteiger partial charge < -0.3 is 10.1 Å². The summed E-state index contributed by atoms with van der Waals surface area (Å²) in [6.45, 7) is 3.63. The van der Waals surface area contributed by atoms with Crippen LogP contribution >= 0.6 is 0 Å². The molecular weight excluding hydrogens is 204 g/mol. The van der Waals surface area contributed by atoms with Crippen LogP contribution in [0.4, 0.5) is 0 Å². The average Bonchev–Trinajstić information content (AvgIpc) is 2.93. The second kappa shape index (κ2) is 5.64. The van der Waals surface area contributed by atoms with Gasteiger partial charge in [0.05, 0.1) is 13.7 Å². The van der Waals surface area contributed by atoms with Crippen molar-refractivity contribution in [2.24, 2.45) is 5.92 Å². The van der Waals surface area contributed by atoms with Gasteiger partial charge in [-0.25, -0.2) is 0 Å². The van der Waals surface area contributed by atoms with Gasteiger partial charge >= 0.3 is 5.97 Å². The first-order valence-corrected chi connectivity index (χ1v) is 6.30. The molecule has 0 spiro atoms. The van der Waals surface area contributed by atoms with E-state index in [-0.39, 0.29) is 5.97 Å². The molecule has 1 heterocycles. The van der Waals surface area contributed by atoms with E-state index in [4.69, 9.17) is 4.74 Å². The van der Waals surface area contributed by atoms with E-state index in [1.165, 1.54) is 32.8 Å². The molecule has 0 aromatic rings. The molecule has 4 heteroatoms. The summed E-state index contributed by atoms with van der Waals surface area (Å²) >= 11 is 0. The Labute approximate surface area is 97.3 Å². The molecule has 2 aliphatic rings. The first kappa shape index (κ1) is 11.9. The predicted octanol–water partition coefficient (Wildman–Crippen LogP) is 0.623. The number of ether oxygens (including phenoxy) is 1. The lowest BCUT2D eigenvalue weighted by atomic mass is 10.2. The maximum Gasteiger partial charge on any atom is 0.319 e. The molecule has 1 saturated heterocycles. The molecule has 2 fully saturated rings. The van der Waals surface area contributed by atoms with Crippen LogP contribution in [0.3, 0.4) is 0 Å². The Balaban J connectivity index is 1.77. The second-order valence-corrected chi connectivity index (χ2v) is 5.01. The normalized spacial score (nSPS) is 25.0. The topological polar surface area (TPSA) is 41.6 Å². The highest BCUT2D eigenvalue weighted by Gasteiger charge is 2.27. The number of nitrogens with zero attached hydrogens (tertiary/aromatic N) is 1. The van der Waals surface area contributed by atoms with Gasteiger partial charge in [-0.1, -0.05) is 0 Å². The van der Waals surface area contributed by atoms with Crippen LogP contribution in [0.1, 0.15) is 25.7 Å². The van der Waals surface area contributed by atoms with E-state index in [0.717, 1.165) is 25.6 Å². The predicted molar refractivity (Wildman–Crippen MR) is 62.2 cm³/mol. The molecule has 4 nitrogen and oxygen atoms in total. The zero-order valence-corrected chi connectivity index (χ0v) is 10.1. The molecule has 1 atom stereocenters. The number of hydrogen-bond donors (Lipinski definition) is 1. The number of rotatable bonds is 6. The minimum absolute atomic E-state index is 0.112. The maximum absolute atomic E-state index is 11.3. The zero-order valence-electron chi connectivity index (χ0n) is 10.1. The van der Waals surface area contributed by atoms with Crippen LogP contribution < -0.4 is 5.32 Å². The molecular formula is C12H22N2O2. The fourth-order valence-corrected chi connectivity index (χ4v) is 2.34. The van der Waals surface area contributed by atoms with Gasteiger partial charge in [-0.05, 0) is 38.1 Å². The van der Waals surface area contributed by atoms with Crippen LogP contribution in [-0.2, 0) is 9.53 Å². The van der Waals surface area contributed by atoms with Gasteiger partial charge in [0, 0.05) is 19.1 Å². The van der Waals surface area contributed by atoms with E-state index in [1.807, 2.05) is 0 Å². The molecule has 1 aliphatic heterocycles. The minimum Gasteiger partial charge on any atom is -0.468 e. The number of carbonyl (C=O) groups is 1. The summed E-state index contributed by atoms with van der Waals surface area (Å²) in [5.41, 5.74) is 0. The fourth-order valence-electron chi connectivity index (χ4n) is 2.34. The van der Waals surface area contributed by atoms with Gasteiger partial charge in [0.2, 0.25) is 0 Å². The Kier molecular flexibility index (Phi) is 4.18. The van der Waals surface area contributed by atoms with Gasteiger partial charge in [-0.3, -0.25) is 9.69 Å². The largest absolute Gasteiger partial charge is 0.468 e. The second-order valence-electron chi connectivity index (χ2n) is 5.01. The van der Waals surface area contributed by atoms with Gasteiger partial charge in [-0.2, -0.15) is 0 Å². The van der Waals surface area contributed by atoms with E-state index in [2.05, 4.69) is 10.2 Å². The van der Waals surface area contributed by atoms with Gasteiger partial charge in [0.25, 0.3) is 0 Å². The number of carbonyl (C=O) groups excluding carboxylic acids is 1. The SMILES string of the molecule is COC(=O)CN(CC1CC1)CC1CCCN1. The fraction of sp³-hybridized carbons (Fsp3) is 0.917. The first-order valence-electron chi connectivity index (χ1n) is 6.30. The van der Waals surface area contributed by atoms with Crippen molar-refractivity contribution in [1.29, 1.82) is 0 Å². The van der Waals surface area contributed by atoms with Crippen molar-refractivity contribution in [3.63, 3.8) is 0 Å². The van der Waals surface area contributed by atoms with Crippen LogP contribution in [0, 0.1) is 5.92 Å². The van der Waals surface area contributed by atoms with Crippen LogP contribution in [0.15, 0.2) is 0 Å². The zero-order chi connectivity index (χ0) is 11.4. The summed E-state index contributed by atoms with van der Waals surface area (Å²) in [6, 6.07) is 0.573. The van der Waals surface area contributed by atoms with Crippen LogP contribution in [0.5, 0.6) is 0 Å². The third kappa shape index (κ3) is 3.76. The van der Waals surface area contributed by atoms with Crippen LogP contribution in [0.2, 0.25) is 0 Å². The summed E-state index contributed by atoms with van der Waals surface area (Å²) < 4.78 is 4.75. The Hall–Kier alpha value is -0.610. The Bertz CT molecular complexity index is 235. The van der Waals surface area contributed by atoms with Gasteiger partial charge in [0.1, 0.15) is 0 Å². The molecule has 1 N–H and O–H groups in total. The highest BCUT2D eigenvalue weighted by Crippen LogP contribution is 2.29. The highest BCUT2D eigenvalue weighted by molar-refractivity contribution is 5.71. The summed E-state index contributed by atoms with van der Waals surface area (Å²) in [6.07, 6.45) is 5.16. The van der Waals surface area contributed by atoms with E-state index in [0.29, 0.717) is 12.6 Å². The number of esters is 1. The van der Waals surface area contributed by atoms with E-state index in [1.54, 1.807) is 0 Å².